The van der Waals surface area contributed by atoms with Gasteiger partial charge >= 0.3 is 6.03 Å². The maximum atomic E-state index is 11.9. The first kappa shape index (κ1) is 15.8. The molecule has 4 amide bonds. The van der Waals surface area contributed by atoms with E-state index in [2.05, 4.69) is 27.5 Å². The van der Waals surface area contributed by atoms with Crippen molar-refractivity contribution >= 4 is 23.7 Å². The van der Waals surface area contributed by atoms with Gasteiger partial charge in [0.2, 0.25) is 5.91 Å². The molecular formula is C15H14N4O5. The van der Waals surface area contributed by atoms with Crippen LogP contribution in [-0.2, 0) is 9.59 Å². The van der Waals surface area contributed by atoms with Gasteiger partial charge in [0.05, 0.1) is 26.2 Å². The van der Waals surface area contributed by atoms with Crippen LogP contribution < -0.4 is 20.3 Å². The van der Waals surface area contributed by atoms with Crippen LogP contribution in [0.15, 0.2) is 12.1 Å². The Morgan fingerprint density at radius 1 is 1.38 bits per heavy atom. The summed E-state index contributed by atoms with van der Waals surface area (Å²) >= 11 is 0. The summed E-state index contributed by atoms with van der Waals surface area (Å²) in [6, 6.07) is 1.61. The highest BCUT2D eigenvalue weighted by molar-refractivity contribution is 6.05. The number of pyridine rings is 1. The lowest BCUT2D eigenvalue weighted by atomic mass is 10.2. The molecule has 3 heterocycles. The van der Waals surface area contributed by atoms with Gasteiger partial charge in [0.1, 0.15) is 5.82 Å². The molecule has 0 unspecified atom stereocenters. The fourth-order valence-corrected chi connectivity index (χ4v) is 2.41. The monoisotopic (exact) mass is 330 g/mol. The van der Waals surface area contributed by atoms with E-state index in [0.29, 0.717) is 11.6 Å². The zero-order valence-corrected chi connectivity index (χ0v) is 12.7. The number of amides is 4. The maximum Gasteiger partial charge on any atom is 0.322 e. The van der Waals surface area contributed by atoms with Crippen molar-refractivity contribution in [1.29, 1.82) is 0 Å². The van der Waals surface area contributed by atoms with E-state index in [9.17, 15) is 19.5 Å². The number of rotatable bonds is 2. The molecule has 24 heavy (non-hydrogen) atoms. The van der Waals surface area contributed by atoms with Gasteiger partial charge in [-0.05, 0) is 18.1 Å². The molecule has 3 N–H and O–H groups in total. The van der Waals surface area contributed by atoms with Crippen LogP contribution >= 0.6 is 0 Å². The first-order valence-corrected chi connectivity index (χ1v) is 7.14. The second-order valence-corrected chi connectivity index (χ2v) is 5.25. The minimum atomic E-state index is -0.970. The standard InChI is InChI=1S/C15H14N4O5/c1-24-11-4-5-12(19-7-8(20)6-13(19)21)16-9(11)2-3-10-14(22)18-15(23)17-10/h4-5,8,10,20H,6-7H2,1H3,(H2,17,18,22,23)/t8-,10-/m0/s1. The minimum Gasteiger partial charge on any atom is -0.494 e. The summed E-state index contributed by atoms with van der Waals surface area (Å²) in [5.74, 6) is 5.21. The van der Waals surface area contributed by atoms with Crippen molar-refractivity contribution < 1.29 is 24.2 Å². The molecule has 2 fully saturated rings. The van der Waals surface area contributed by atoms with Gasteiger partial charge in [0, 0.05) is 0 Å². The summed E-state index contributed by atoms with van der Waals surface area (Å²) < 4.78 is 5.17. The number of hydrogen-bond donors (Lipinski definition) is 3. The van der Waals surface area contributed by atoms with E-state index in [0.717, 1.165) is 0 Å². The van der Waals surface area contributed by atoms with Crippen LogP contribution in [-0.4, -0.2) is 53.7 Å². The van der Waals surface area contributed by atoms with Crippen molar-refractivity contribution in [2.45, 2.75) is 18.6 Å². The Morgan fingerprint density at radius 2 is 2.17 bits per heavy atom. The number of aromatic nitrogens is 1. The van der Waals surface area contributed by atoms with E-state index in [4.69, 9.17) is 4.74 Å². The predicted octanol–water partition coefficient (Wildman–Crippen LogP) is -1.25. The Labute approximate surface area is 137 Å². The molecular weight excluding hydrogens is 316 g/mol. The number of carbonyl (C=O) groups excluding carboxylic acids is 3. The number of nitrogens with one attached hydrogen (secondary N) is 2. The van der Waals surface area contributed by atoms with E-state index in [1.807, 2.05) is 0 Å². The first-order valence-electron chi connectivity index (χ1n) is 7.14. The Morgan fingerprint density at radius 3 is 2.75 bits per heavy atom. The summed E-state index contributed by atoms with van der Waals surface area (Å²) in [7, 11) is 1.44. The number of urea groups is 1. The van der Waals surface area contributed by atoms with Crippen LogP contribution in [0.3, 0.4) is 0 Å². The largest absolute Gasteiger partial charge is 0.494 e. The third kappa shape index (κ3) is 3.00. The molecule has 0 radical (unpaired) electrons. The van der Waals surface area contributed by atoms with Crippen LogP contribution in [0.1, 0.15) is 12.1 Å². The van der Waals surface area contributed by atoms with Gasteiger partial charge in [0.15, 0.2) is 17.5 Å². The van der Waals surface area contributed by atoms with E-state index >= 15 is 0 Å². The zero-order valence-electron chi connectivity index (χ0n) is 12.7. The van der Waals surface area contributed by atoms with Crippen LogP contribution in [0.5, 0.6) is 5.75 Å². The third-order valence-electron chi connectivity index (χ3n) is 3.55. The van der Waals surface area contributed by atoms with Gasteiger partial charge in [-0.15, -0.1) is 0 Å². The summed E-state index contributed by atoms with van der Waals surface area (Å²) in [4.78, 5) is 40.0. The molecule has 0 bridgehead atoms. The SMILES string of the molecule is COc1ccc(N2C[C@@H](O)CC2=O)nc1C#C[C@@H]1NC(=O)NC1=O. The fraction of sp³-hybridized carbons (Fsp3) is 0.333. The smallest absolute Gasteiger partial charge is 0.322 e. The predicted molar refractivity (Wildman–Crippen MR) is 81.1 cm³/mol. The normalized spacial score (nSPS) is 22.8. The number of imide groups is 1. The van der Waals surface area contributed by atoms with Crippen LogP contribution in [0, 0.1) is 11.8 Å². The van der Waals surface area contributed by atoms with E-state index in [1.54, 1.807) is 12.1 Å². The van der Waals surface area contributed by atoms with Crippen LogP contribution in [0.2, 0.25) is 0 Å². The van der Waals surface area contributed by atoms with E-state index in [-0.39, 0.29) is 24.6 Å². The summed E-state index contributed by atoms with van der Waals surface area (Å²) in [6.45, 7) is 0.159. The number of ether oxygens (including phenoxy) is 1. The molecule has 2 saturated heterocycles. The molecule has 1 aromatic heterocycles. The lowest BCUT2D eigenvalue weighted by molar-refractivity contribution is -0.119. The van der Waals surface area contributed by atoms with Crippen LogP contribution in [0.25, 0.3) is 0 Å². The third-order valence-corrected chi connectivity index (χ3v) is 3.55. The molecule has 0 aromatic carbocycles. The number of methoxy groups -OCH3 is 1. The topological polar surface area (TPSA) is 121 Å². The van der Waals surface area contributed by atoms with Gasteiger partial charge < -0.3 is 15.2 Å². The van der Waals surface area contributed by atoms with Gasteiger partial charge in [-0.25, -0.2) is 9.78 Å². The van der Waals surface area contributed by atoms with E-state index < -0.39 is 24.1 Å². The highest BCUT2D eigenvalue weighted by Gasteiger charge is 2.30. The highest BCUT2D eigenvalue weighted by Crippen LogP contribution is 2.24. The first-order chi connectivity index (χ1) is 11.5. The van der Waals surface area contributed by atoms with Gasteiger partial charge in [0.25, 0.3) is 5.91 Å². The lowest BCUT2D eigenvalue weighted by Gasteiger charge is -2.15. The second-order valence-electron chi connectivity index (χ2n) is 5.25. The molecule has 124 valence electrons. The molecule has 0 saturated carbocycles. The molecule has 3 rings (SSSR count). The molecule has 0 spiro atoms. The molecule has 1 aromatic rings. The lowest BCUT2D eigenvalue weighted by Crippen LogP contribution is -2.27. The number of hydrogen-bond acceptors (Lipinski definition) is 6. The molecule has 2 aliphatic heterocycles. The number of aliphatic hydroxyl groups is 1. The quantitative estimate of drug-likeness (QED) is 0.460. The molecule has 2 aliphatic rings. The summed E-state index contributed by atoms with van der Waals surface area (Å²) in [5, 5.41) is 14.0. The van der Waals surface area contributed by atoms with Gasteiger partial charge in [-0.1, -0.05) is 5.92 Å². The highest BCUT2D eigenvalue weighted by atomic mass is 16.5. The molecule has 2 atom stereocenters. The van der Waals surface area contributed by atoms with E-state index in [1.165, 1.54) is 12.0 Å². The fourth-order valence-electron chi connectivity index (χ4n) is 2.41. The Kier molecular flexibility index (Phi) is 4.05. The van der Waals surface area contributed by atoms with Crippen molar-refractivity contribution in [3.63, 3.8) is 0 Å². The van der Waals surface area contributed by atoms with Crippen LogP contribution in [0.4, 0.5) is 10.6 Å². The Hall–Kier alpha value is -3.12. The van der Waals surface area contributed by atoms with Crippen molar-refractivity contribution in [2.24, 2.45) is 0 Å². The number of aliphatic hydroxyl groups excluding tert-OH is 1. The van der Waals surface area contributed by atoms with Crippen molar-refractivity contribution in [1.82, 2.24) is 15.6 Å². The Bertz CT molecular complexity index is 782. The summed E-state index contributed by atoms with van der Waals surface area (Å²) in [6.07, 6.45) is -0.684. The van der Waals surface area contributed by atoms with Crippen molar-refractivity contribution in [3.05, 3.63) is 17.8 Å². The number of carbonyl (C=O) groups is 3. The minimum absolute atomic E-state index is 0.0446. The van der Waals surface area contributed by atoms with Crippen molar-refractivity contribution in [2.75, 3.05) is 18.6 Å². The molecule has 9 heteroatoms. The maximum absolute atomic E-state index is 11.9. The van der Waals surface area contributed by atoms with Gasteiger partial charge in [-0.3, -0.25) is 19.8 Å². The summed E-state index contributed by atoms with van der Waals surface area (Å²) in [5.41, 5.74) is 0.220. The average molecular weight is 330 g/mol. The molecule has 9 nitrogen and oxygen atoms in total. The average Bonchev–Trinajstić information content (AvgIpc) is 3.05. The molecule has 0 aliphatic carbocycles. The zero-order chi connectivity index (χ0) is 17.3. The van der Waals surface area contributed by atoms with Gasteiger partial charge in [-0.2, -0.15) is 0 Å². The Balaban J connectivity index is 1.90. The van der Waals surface area contributed by atoms with Crippen molar-refractivity contribution in [3.8, 4) is 17.6 Å². The number of nitrogens with zero attached hydrogens (tertiary/aromatic N) is 2. The second kappa shape index (κ2) is 6.17. The number of anilines is 1. The number of β-amino-alcohol motifs (C(OH)–C–C–N with tert-alkyl or cyclic N) is 1.